The molecule has 0 aliphatic rings. The van der Waals surface area contributed by atoms with E-state index in [1.807, 2.05) is 35.1 Å². The number of nitrogens with zero attached hydrogens (tertiary/aromatic N) is 3. The Morgan fingerprint density at radius 2 is 1.76 bits per heavy atom. The molecule has 8 nitrogen and oxygen atoms in total. The molecular weight excluding hydrogens is 555 g/mol. The van der Waals surface area contributed by atoms with Crippen molar-refractivity contribution in [3.05, 3.63) is 102 Å². The lowest BCUT2D eigenvalue weighted by molar-refractivity contribution is 0.228. The summed E-state index contributed by atoms with van der Waals surface area (Å²) in [4.78, 5) is 4.39. The molecule has 5 rings (SSSR count). The summed E-state index contributed by atoms with van der Waals surface area (Å²) < 4.78 is 73.5. The number of nitrogens with one attached hydrogen (secondary N) is 1. The highest BCUT2D eigenvalue weighted by molar-refractivity contribution is 7.93. The second-order valence-electron chi connectivity index (χ2n) is 9.46. The topological polar surface area (TPSA) is 112 Å². The van der Waals surface area contributed by atoms with E-state index >= 15 is 0 Å². The van der Waals surface area contributed by atoms with Crippen LogP contribution < -0.4 is 15.2 Å². The highest BCUT2D eigenvalue weighted by Gasteiger charge is 2.26. The molecule has 212 valence electrons. The maximum absolute atomic E-state index is 13.4. The van der Waals surface area contributed by atoms with Gasteiger partial charge in [0, 0.05) is 30.8 Å². The molecule has 0 radical (unpaired) electrons. The van der Waals surface area contributed by atoms with Gasteiger partial charge in [-0.3, -0.25) is 9.40 Å². The van der Waals surface area contributed by atoms with Crippen LogP contribution in [0.1, 0.15) is 29.7 Å². The van der Waals surface area contributed by atoms with Gasteiger partial charge in [0.1, 0.15) is 29.2 Å². The Labute approximate surface area is 234 Å². The Kier molecular flexibility index (Phi) is 7.59. The average Bonchev–Trinajstić information content (AvgIpc) is 3.30. The summed E-state index contributed by atoms with van der Waals surface area (Å²) in [6.45, 7) is 1.67. The summed E-state index contributed by atoms with van der Waals surface area (Å²) in [6, 6.07) is 19.7. The minimum atomic E-state index is -4.99. The Bertz CT molecular complexity index is 1810. The van der Waals surface area contributed by atoms with Gasteiger partial charge in [-0.2, -0.15) is 13.9 Å². The summed E-state index contributed by atoms with van der Waals surface area (Å²) in [5.74, 6) is -3.88. The van der Waals surface area contributed by atoms with Gasteiger partial charge in [0.15, 0.2) is 0 Å². The molecule has 0 fully saturated rings. The summed E-state index contributed by atoms with van der Waals surface area (Å²) in [5, 5.41) is 5.27. The van der Waals surface area contributed by atoms with Crippen molar-refractivity contribution in [2.45, 2.75) is 25.2 Å². The van der Waals surface area contributed by atoms with Gasteiger partial charge in [-0.25, -0.2) is 17.8 Å². The molecule has 0 unspecified atom stereocenters. The van der Waals surface area contributed by atoms with Gasteiger partial charge in [-0.05, 0) is 42.3 Å². The van der Waals surface area contributed by atoms with Crippen molar-refractivity contribution >= 4 is 32.4 Å². The molecule has 0 saturated carbocycles. The number of nitrogens with two attached hydrogens (primary N) is 1. The second-order valence-corrected chi connectivity index (χ2v) is 11.1. The van der Waals surface area contributed by atoms with Crippen molar-refractivity contribution < 1.29 is 26.3 Å². The highest BCUT2D eigenvalue weighted by Crippen LogP contribution is 2.39. The number of hydrogen-bond acceptors (Lipinski definition) is 6. The Hall–Kier alpha value is -4.58. The molecule has 2 aromatic heterocycles. The van der Waals surface area contributed by atoms with Crippen LogP contribution in [-0.2, 0) is 23.5 Å². The van der Waals surface area contributed by atoms with E-state index in [2.05, 4.69) is 10.1 Å². The predicted octanol–water partition coefficient (Wildman–Crippen LogP) is 6.05. The van der Waals surface area contributed by atoms with Crippen LogP contribution in [0.2, 0.25) is 0 Å². The monoisotopic (exact) mass is 581 g/mol. The lowest BCUT2D eigenvalue weighted by Gasteiger charge is -2.19. The molecule has 0 amide bonds. The molecule has 41 heavy (non-hydrogen) atoms. The zero-order chi connectivity index (χ0) is 29.3. The molecule has 3 N–H and O–H groups in total. The van der Waals surface area contributed by atoms with E-state index in [0.29, 0.717) is 28.6 Å². The van der Waals surface area contributed by atoms with Gasteiger partial charge in [0.2, 0.25) is 0 Å². The number of ether oxygens (including phenoxy) is 1. The van der Waals surface area contributed by atoms with Crippen LogP contribution >= 0.6 is 0 Å². The zero-order valence-corrected chi connectivity index (χ0v) is 22.9. The summed E-state index contributed by atoms with van der Waals surface area (Å²) >= 11 is 0. The molecule has 12 heteroatoms. The molecule has 0 aliphatic carbocycles. The van der Waals surface area contributed by atoms with Crippen LogP contribution in [0.3, 0.4) is 0 Å². The van der Waals surface area contributed by atoms with Gasteiger partial charge < -0.3 is 10.5 Å². The lowest BCUT2D eigenvalue weighted by Crippen LogP contribution is -2.21. The van der Waals surface area contributed by atoms with E-state index in [1.165, 1.54) is 42.5 Å². The number of hydrogen-bond donors (Lipinski definition) is 2. The second kappa shape index (κ2) is 11.1. The van der Waals surface area contributed by atoms with Crippen molar-refractivity contribution in [1.82, 2.24) is 14.8 Å². The number of rotatable bonds is 9. The van der Waals surface area contributed by atoms with Crippen LogP contribution in [0, 0.1) is 5.82 Å². The van der Waals surface area contributed by atoms with Crippen LogP contribution in [0.15, 0.2) is 79.0 Å². The first kappa shape index (κ1) is 28.0. The Morgan fingerprint density at radius 1 is 1.05 bits per heavy atom. The van der Waals surface area contributed by atoms with Gasteiger partial charge in [0.05, 0.1) is 16.6 Å². The van der Waals surface area contributed by atoms with Crippen molar-refractivity contribution in [1.29, 1.82) is 0 Å². The highest BCUT2D eigenvalue weighted by atomic mass is 32.2. The number of benzene rings is 3. The van der Waals surface area contributed by atoms with E-state index < -0.39 is 27.7 Å². The maximum Gasteiger partial charge on any atom is 0.355 e. The molecule has 0 spiro atoms. The molecule has 0 bridgehead atoms. The van der Waals surface area contributed by atoms with Gasteiger partial charge in [-0.15, -0.1) is 0 Å². The fourth-order valence-electron chi connectivity index (χ4n) is 4.60. The first-order valence-electron chi connectivity index (χ1n) is 12.5. The summed E-state index contributed by atoms with van der Waals surface area (Å²) in [7, 11) is -3.22. The average molecular weight is 582 g/mol. The predicted molar refractivity (Wildman–Crippen MR) is 152 cm³/mol. The van der Waals surface area contributed by atoms with Crippen LogP contribution in [0.4, 0.5) is 24.7 Å². The number of fused-ring (bicyclic) bond motifs is 1. The third-order valence-corrected chi connectivity index (χ3v) is 7.56. The number of alkyl halides is 2. The number of nitrogen functional groups attached to an aromatic ring is 1. The van der Waals surface area contributed by atoms with Gasteiger partial charge in [-0.1, -0.05) is 48.5 Å². The smallest absolute Gasteiger partial charge is 0.355 e. The quantitative estimate of drug-likeness (QED) is 0.219. The Morgan fingerprint density at radius 3 is 2.44 bits per heavy atom. The minimum absolute atomic E-state index is 0.0330. The van der Waals surface area contributed by atoms with Crippen molar-refractivity contribution in [3.63, 3.8) is 0 Å². The van der Waals surface area contributed by atoms with Gasteiger partial charge in [0.25, 0.3) is 10.0 Å². The third-order valence-electron chi connectivity index (χ3n) is 6.59. The summed E-state index contributed by atoms with van der Waals surface area (Å²) in [5.41, 5.74) is 10.4. The first-order valence-corrected chi connectivity index (χ1v) is 14.1. The maximum atomic E-state index is 13.4. The first-order chi connectivity index (χ1) is 19.5. The number of halogens is 3. The summed E-state index contributed by atoms with van der Waals surface area (Å²) in [6.07, 6.45) is 1.60. The fraction of sp³-hybridized carbons (Fsp3) is 0.172. The number of aromatic nitrogens is 3. The number of sulfonamides is 1. The SMILES string of the molecule is C[C@H](Oc1cc(-c2nn(C)c3c(Cc4ccccc4)cnc(N)c23)ccc1NS(=O)(=O)C(F)F)c1ccc(F)cc1. The fourth-order valence-corrected chi connectivity index (χ4v) is 5.16. The van der Waals surface area contributed by atoms with Crippen LogP contribution in [0.25, 0.3) is 22.2 Å². The van der Waals surface area contributed by atoms with Crippen molar-refractivity contribution in [2.24, 2.45) is 7.05 Å². The molecular formula is C29H26F3N5O3S. The largest absolute Gasteiger partial charge is 0.484 e. The third kappa shape index (κ3) is 5.82. The standard InChI is InChI=1S/C29H26F3N5O3S/c1-17(19-8-11-22(30)12-9-19)40-24-15-20(10-13-23(24)36-41(38,39)29(31)32)26-25-27(37(2)35-26)21(16-34-28(25)33)14-18-6-4-3-5-7-18/h3-13,15-17,29,36H,14H2,1-2H3,(H2,33,34)/t17-/m0/s1. The van der Waals surface area contributed by atoms with E-state index in [1.54, 1.807) is 24.9 Å². The van der Waals surface area contributed by atoms with Crippen LogP contribution in [0.5, 0.6) is 5.75 Å². The van der Waals surface area contributed by atoms with E-state index in [9.17, 15) is 21.6 Å². The Balaban J connectivity index is 1.61. The minimum Gasteiger partial charge on any atom is -0.484 e. The van der Waals surface area contributed by atoms with Crippen molar-refractivity contribution in [3.8, 4) is 17.0 Å². The molecule has 3 aromatic carbocycles. The van der Waals surface area contributed by atoms with Crippen molar-refractivity contribution in [2.75, 3.05) is 10.5 Å². The van der Waals surface area contributed by atoms with E-state index in [-0.39, 0.29) is 17.3 Å². The molecule has 0 aliphatic heterocycles. The molecule has 5 aromatic rings. The van der Waals surface area contributed by atoms with Gasteiger partial charge >= 0.3 is 5.76 Å². The number of anilines is 2. The lowest BCUT2D eigenvalue weighted by atomic mass is 10.0. The van der Waals surface area contributed by atoms with E-state index in [4.69, 9.17) is 10.5 Å². The molecule has 1 atom stereocenters. The van der Waals surface area contributed by atoms with Crippen LogP contribution in [-0.4, -0.2) is 28.9 Å². The molecule has 2 heterocycles. The molecule has 0 saturated heterocycles. The normalized spacial score (nSPS) is 12.5. The number of pyridine rings is 1. The van der Waals surface area contributed by atoms with E-state index in [0.717, 1.165) is 16.6 Å². The number of aryl methyl sites for hydroxylation is 1. The zero-order valence-electron chi connectivity index (χ0n) is 22.1.